The van der Waals surface area contributed by atoms with Crippen molar-refractivity contribution in [1.82, 2.24) is 0 Å². The van der Waals surface area contributed by atoms with Gasteiger partial charge in [-0.05, 0) is 49.3 Å². The van der Waals surface area contributed by atoms with Crippen molar-refractivity contribution in [3.8, 4) is 11.5 Å². The number of hydrogen-bond donors (Lipinski definition) is 0. The highest BCUT2D eigenvalue weighted by molar-refractivity contribution is 6.75. The fourth-order valence-electron chi connectivity index (χ4n) is 3.76. The maximum atomic E-state index is 13.8. The molecule has 39 heavy (non-hydrogen) atoms. The lowest BCUT2D eigenvalue weighted by molar-refractivity contribution is -0.114. The number of cyclic esters (lactones) is 1. The lowest BCUT2D eigenvalue weighted by Gasteiger charge is -2.39. The molecule has 1 aromatic rings. The maximum absolute atomic E-state index is 13.8. The van der Waals surface area contributed by atoms with Gasteiger partial charge in [-0.3, -0.25) is 4.79 Å². The molecule has 0 radical (unpaired) electrons. The molecule has 216 valence electrons. The van der Waals surface area contributed by atoms with Crippen LogP contribution in [0.25, 0.3) is 0 Å². The first kappa shape index (κ1) is 31.6. The molecule has 0 aliphatic carbocycles. The van der Waals surface area contributed by atoms with Crippen molar-refractivity contribution in [1.29, 1.82) is 0 Å². The van der Waals surface area contributed by atoms with Crippen LogP contribution in [0.3, 0.4) is 0 Å². The minimum absolute atomic E-state index is 0.0255. The van der Waals surface area contributed by atoms with E-state index in [1.807, 2.05) is 19.1 Å². The van der Waals surface area contributed by atoms with E-state index in [-0.39, 0.29) is 45.1 Å². The van der Waals surface area contributed by atoms with Gasteiger partial charge in [0.1, 0.15) is 29.3 Å². The summed E-state index contributed by atoms with van der Waals surface area (Å²) in [6, 6.07) is 1.74. The Labute approximate surface area is 241 Å². The predicted octanol–water partition coefficient (Wildman–Crippen LogP) is 8.05. The van der Waals surface area contributed by atoms with E-state index >= 15 is 0 Å². The molecule has 1 fully saturated rings. The van der Waals surface area contributed by atoms with Gasteiger partial charge in [0.05, 0.1) is 11.1 Å². The van der Waals surface area contributed by atoms with E-state index < -0.39 is 28.7 Å². The summed E-state index contributed by atoms with van der Waals surface area (Å²) < 4.78 is 25.0. The standard InChI is InChI=1S/C30H45ClO6Si2/c1-19-16-23-22(35-23)15-13-12-14-20(32)17-21-26(28(33)34-19)24(36-38(8,9)29(2,3)4)18-25(27(21)31)37-39(10,11)30(5,6)7/h12-15,18-19,22-23H,16-17H2,1-11H3/b14-12+,15-13-/t19-,22+,23+/m1/s1. The van der Waals surface area contributed by atoms with Gasteiger partial charge < -0.3 is 18.3 Å². The van der Waals surface area contributed by atoms with Crippen LogP contribution in [0.2, 0.25) is 41.3 Å². The smallest absolute Gasteiger partial charge is 0.342 e. The summed E-state index contributed by atoms with van der Waals surface area (Å²) in [6.07, 6.45) is 6.93. The number of carbonyl (C=O) groups excluding carboxylic acids is 2. The first-order valence-electron chi connectivity index (χ1n) is 13.7. The molecule has 0 saturated carbocycles. The number of ketones is 1. The van der Waals surface area contributed by atoms with E-state index in [1.54, 1.807) is 12.1 Å². The highest BCUT2D eigenvalue weighted by atomic mass is 35.5. The van der Waals surface area contributed by atoms with Gasteiger partial charge in [-0.25, -0.2) is 4.79 Å². The topological polar surface area (TPSA) is 74.4 Å². The molecule has 0 aromatic heterocycles. The number of hydrogen-bond acceptors (Lipinski definition) is 6. The fourth-order valence-corrected chi connectivity index (χ4v) is 6.12. The molecule has 0 amide bonds. The van der Waals surface area contributed by atoms with Crippen LogP contribution in [0.15, 0.2) is 30.4 Å². The molecule has 0 unspecified atom stereocenters. The van der Waals surface area contributed by atoms with E-state index in [4.69, 9.17) is 29.9 Å². The van der Waals surface area contributed by atoms with E-state index in [0.29, 0.717) is 23.5 Å². The zero-order valence-electron chi connectivity index (χ0n) is 25.4. The first-order valence-corrected chi connectivity index (χ1v) is 19.9. The molecule has 0 N–H and O–H groups in total. The summed E-state index contributed by atoms with van der Waals surface area (Å²) in [5, 5.41) is 0.0183. The lowest BCUT2D eigenvalue weighted by Crippen LogP contribution is -2.45. The molecule has 1 saturated heterocycles. The minimum atomic E-state index is -2.42. The number of halogens is 1. The molecule has 2 heterocycles. The van der Waals surface area contributed by atoms with Gasteiger partial charge in [0.15, 0.2) is 5.78 Å². The van der Waals surface area contributed by atoms with E-state index in [9.17, 15) is 9.59 Å². The summed E-state index contributed by atoms with van der Waals surface area (Å²) in [4.78, 5) is 26.9. The van der Waals surface area contributed by atoms with Crippen molar-refractivity contribution >= 4 is 40.0 Å². The van der Waals surface area contributed by atoms with Gasteiger partial charge in [0, 0.05) is 24.5 Å². The second-order valence-electron chi connectivity index (χ2n) is 13.7. The molecule has 0 bridgehead atoms. The Morgan fingerprint density at radius 2 is 1.49 bits per heavy atom. The van der Waals surface area contributed by atoms with Crippen molar-refractivity contribution in [3.63, 3.8) is 0 Å². The molecule has 0 spiro atoms. The molecular formula is C30H45ClO6Si2. The third-order valence-corrected chi connectivity index (χ3v) is 17.5. The number of epoxide rings is 1. The van der Waals surface area contributed by atoms with Crippen LogP contribution in [0.4, 0.5) is 0 Å². The van der Waals surface area contributed by atoms with Gasteiger partial charge in [0.2, 0.25) is 0 Å². The SMILES string of the molecule is C[C@@H]1C[C@@H]2O[C@H]2/C=C\C=C\C(=O)Cc2c(Cl)c(O[Si](C)(C)C(C)(C)C)cc(O[Si](C)(C)C(C)(C)C)c2C(=O)O1. The van der Waals surface area contributed by atoms with E-state index in [0.717, 1.165) is 0 Å². The van der Waals surface area contributed by atoms with Crippen LogP contribution in [-0.2, 0) is 20.7 Å². The van der Waals surface area contributed by atoms with Gasteiger partial charge in [-0.2, -0.15) is 0 Å². The van der Waals surface area contributed by atoms with Crippen molar-refractivity contribution in [3.05, 3.63) is 46.5 Å². The molecular weight excluding hydrogens is 548 g/mol. The summed E-state index contributed by atoms with van der Waals surface area (Å²) in [5.74, 6) is 0.0325. The first-order chi connectivity index (χ1) is 17.7. The van der Waals surface area contributed by atoms with Crippen LogP contribution in [0.5, 0.6) is 11.5 Å². The normalized spacial score (nSPS) is 24.6. The zero-order chi connectivity index (χ0) is 29.6. The Morgan fingerprint density at radius 3 is 2.05 bits per heavy atom. The number of benzene rings is 1. The van der Waals surface area contributed by atoms with Crippen LogP contribution in [0, 0.1) is 0 Å². The Morgan fingerprint density at radius 1 is 0.923 bits per heavy atom. The quantitative estimate of drug-likeness (QED) is 0.200. The third-order valence-electron chi connectivity index (χ3n) is 8.38. The van der Waals surface area contributed by atoms with Gasteiger partial charge in [-0.15, -0.1) is 0 Å². The van der Waals surface area contributed by atoms with Crippen LogP contribution < -0.4 is 8.85 Å². The molecule has 3 rings (SSSR count). The number of allylic oxidation sites excluding steroid dienone is 3. The molecule has 9 heteroatoms. The monoisotopic (exact) mass is 592 g/mol. The minimum Gasteiger partial charge on any atom is -0.543 e. The fraction of sp³-hybridized carbons (Fsp3) is 0.600. The number of fused-ring (bicyclic) bond motifs is 2. The summed E-state index contributed by atoms with van der Waals surface area (Å²) in [5.41, 5.74) is 0.567. The Balaban J connectivity index is 2.23. The van der Waals surface area contributed by atoms with Gasteiger partial charge >= 0.3 is 5.97 Å². The van der Waals surface area contributed by atoms with Gasteiger partial charge in [0.25, 0.3) is 16.6 Å². The maximum Gasteiger partial charge on any atom is 0.342 e. The average Bonchev–Trinajstić information content (AvgIpc) is 3.49. The molecule has 1 aromatic carbocycles. The van der Waals surface area contributed by atoms with Crippen LogP contribution >= 0.6 is 11.6 Å². The highest BCUT2D eigenvalue weighted by Crippen LogP contribution is 2.46. The summed E-state index contributed by atoms with van der Waals surface area (Å²) in [6.45, 7) is 23.2. The number of carbonyl (C=O) groups is 2. The predicted molar refractivity (Wildman–Crippen MR) is 162 cm³/mol. The average molecular weight is 593 g/mol. The lowest BCUT2D eigenvalue weighted by atomic mass is 10.00. The summed E-state index contributed by atoms with van der Waals surface area (Å²) >= 11 is 7.00. The second-order valence-corrected chi connectivity index (χ2v) is 23.6. The second kappa shape index (κ2) is 11.2. The largest absolute Gasteiger partial charge is 0.543 e. The number of esters is 1. The Kier molecular flexibility index (Phi) is 9.08. The number of ether oxygens (including phenoxy) is 2. The van der Waals surface area contributed by atoms with E-state index in [2.05, 4.69) is 67.7 Å². The van der Waals surface area contributed by atoms with Crippen molar-refractivity contribution in [2.75, 3.05) is 0 Å². The highest BCUT2D eigenvalue weighted by Gasteiger charge is 2.43. The Hall–Kier alpha value is -1.88. The molecule has 2 aliphatic heterocycles. The van der Waals surface area contributed by atoms with Gasteiger partial charge in [-0.1, -0.05) is 71.4 Å². The van der Waals surface area contributed by atoms with Crippen LogP contribution in [0.1, 0.15) is 70.8 Å². The summed E-state index contributed by atoms with van der Waals surface area (Å²) in [7, 11) is -4.74. The van der Waals surface area contributed by atoms with Crippen molar-refractivity contribution < 1.29 is 27.9 Å². The van der Waals surface area contributed by atoms with Crippen LogP contribution in [-0.4, -0.2) is 46.7 Å². The molecule has 2 aliphatic rings. The zero-order valence-corrected chi connectivity index (χ0v) is 28.1. The third kappa shape index (κ3) is 7.45. The van der Waals surface area contributed by atoms with Crippen molar-refractivity contribution in [2.45, 2.75) is 116 Å². The molecule has 3 atom stereocenters. The van der Waals surface area contributed by atoms with Crippen molar-refractivity contribution in [2.24, 2.45) is 0 Å². The van der Waals surface area contributed by atoms with E-state index in [1.165, 1.54) is 6.08 Å². The number of rotatable bonds is 4. The molecule has 6 nitrogen and oxygen atoms in total. The Bertz CT molecular complexity index is 1170.